The molecule has 1 aliphatic heterocycles. The summed E-state index contributed by atoms with van der Waals surface area (Å²) in [4.78, 5) is 6.76. The minimum Gasteiger partial charge on any atom is -0.351 e. The molecule has 0 spiro atoms. The smallest absolute Gasteiger partial charge is 0.180 e. The Hall–Kier alpha value is -2.18. The number of aryl methyl sites for hydroxylation is 1. The lowest BCUT2D eigenvalue weighted by Crippen LogP contribution is -2.26. The van der Waals surface area contributed by atoms with E-state index in [1.165, 1.54) is 0 Å². The van der Waals surface area contributed by atoms with E-state index >= 15 is 0 Å². The predicted molar refractivity (Wildman–Crippen MR) is 101 cm³/mol. The molecule has 0 saturated heterocycles. The first-order valence-electron chi connectivity index (χ1n) is 8.18. The van der Waals surface area contributed by atoms with Gasteiger partial charge >= 0.3 is 0 Å². The van der Waals surface area contributed by atoms with E-state index in [1.807, 2.05) is 11.0 Å². The fraction of sp³-hybridized carbons (Fsp3) is 0.211. The third-order valence-electron chi connectivity index (χ3n) is 4.67. The van der Waals surface area contributed by atoms with E-state index in [2.05, 4.69) is 4.98 Å². The van der Waals surface area contributed by atoms with Crippen LogP contribution in [-0.2, 0) is 16.4 Å². The van der Waals surface area contributed by atoms with Crippen LogP contribution in [0.5, 0.6) is 0 Å². The highest BCUT2D eigenvalue weighted by atomic mass is 35.5. The molecule has 134 valence electrons. The van der Waals surface area contributed by atoms with Gasteiger partial charge in [0, 0.05) is 19.2 Å². The molecule has 2 heterocycles. The first-order chi connectivity index (χ1) is 12.4. The van der Waals surface area contributed by atoms with Crippen LogP contribution in [0, 0.1) is 12.7 Å². The van der Waals surface area contributed by atoms with Gasteiger partial charge in [0.2, 0.25) is 0 Å². The molecule has 0 saturated carbocycles. The Morgan fingerprint density at radius 1 is 1.19 bits per heavy atom. The Balaban J connectivity index is 1.83. The largest absolute Gasteiger partial charge is 0.351 e. The second kappa shape index (κ2) is 6.21. The normalized spacial score (nSPS) is 16.3. The number of sulfone groups is 1. The molecular formula is C19H16ClFN2O2S. The van der Waals surface area contributed by atoms with Gasteiger partial charge in [0.15, 0.2) is 9.84 Å². The quantitative estimate of drug-likeness (QED) is 0.627. The second-order valence-corrected chi connectivity index (χ2v) is 8.89. The molecule has 0 N–H and O–H groups in total. The summed E-state index contributed by atoms with van der Waals surface area (Å²) < 4.78 is 39.4. The number of benzene rings is 2. The van der Waals surface area contributed by atoms with Gasteiger partial charge in [-0.25, -0.2) is 17.8 Å². The zero-order valence-electron chi connectivity index (χ0n) is 14.0. The highest BCUT2D eigenvalue weighted by molar-refractivity contribution is 7.91. The Kier molecular flexibility index (Phi) is 4.12. The van der Waals surface area contributed by atoms with Gasteiger partial charge in [-0.2, -0.15) is 0 Å². The van der Waals surface area contributed by atoms with Crippen LogP contribution < -0.4 is 4.90 Å². The van der Waals surface area contributed by atoms with Crippen molar-refractivity contribution in [1.29, 1.82) is 0 Å². The Morgan fingerprint density at radius 3 is 2.77 bits per heavy atom. The molecule has 7 heteroatoms. The van der Waals surface area contributed by atoms with Crippen molar-refractivity contribution in [3.05, 3.63) is 64.4 Å². The molecule has 4 rings (SSSR count). The summed E-state index contributed by atoms with van der Waals surface area (Å²) in [5, 5.41) is 0.560. The highest BCUT2D eigenvalue weighted by Gasteiger charge is 2.26. The fourth-order valence-corrected chi connectivity index (χ4v) is 5.03. The maximum atomic E-state index is 14.4. The van der Waals surface area contributed by atoms with E-state index in [-0.39, 0.29) is 16.6 Å². The van der Waals surface area contributed by atoms with Gasteiger partial charge in [-0.05, 0) is 30.2 Å². The van der Waals surface area contributed by atoms with Crippen LogP contribution in [0.2, 0.25) is 5.02 Å². The third kappa shape index (κ3) is 2.83. The van der Waals surface area contributed by atoms with E-state index in [1.54, 1.807) is 43.3 Å². The molecule has 0 radical (unpaired) electrons. The topological polar surface area (TPSA) is 50.3 Å². The highest BCUT2D eigenvalue weighted by Crippen LogP contribution is 2.32. The molecular weight excluding hydrogens is 375 g/mol. The average molecular weight is 391 g/mol. The molecule has 0 fully saturated rings. The number of hydrogen-bond donors (Lipinski definition) is 0. The standard InChI is InChI=1S/C19H16ClFN2O2S/c1-12-6-7-15-18(19(12)21)14(20)10-17(22-15)23-8-9-26(24,25)16-5-3-2-4-13(16)11-23/h2-7,10H,8-9,11H2,1H3. The molecule has 26 heavy (non-hydrogen) atoms. The van der Waals surface area contributed by atoms with Gasteiger partial charge in [0.1, 0.15) is 11.6 Å². The lowest BCUT2D eigenvalue weighted by molar-refractivity contribution is 0.596. The maximum absolute atomic E-state index is 14.4. The number of hydrogen-bond acceptors (Lipinski definition) is 4. The van der Waals surface area contributed by atoms with E-state index in [0.717, 1.165) is 5.56 Å². The molecule has 0 amide bonds. The van der Waals surface area contributed by atoms with Crippen LogP contribution in [0.15, 0.2) is 47.4 Å². The summed E-state index contributed by atoms with van der Waals surface area (Å²) >= 11 is 6.33. The lowest BCUT2D eigenvalue weighted by atomic mass is 10.1. The molecule has 0 atom stereocenters. The zero-order valence-corrected chi connectivity index (χ0v) is 15.6. The SMILES string of the molecule is Cc1ccc2nc(N3CCS(=O)(=O)c4ccccc4C3)cc(Cl)c2c1F. The molecule has 1 aromatic heterocycles. The number of aromatic nitrogens is 1. The van der Waals surface area contributed by atoms with Crippen LogP contribution in [-0.4, -0.2) is 25.7 Å². The monoisotopic (exact) mass is 390 g/mol. The second-order valence-electron chi connectivity index (χ2n) is 6.40. The van der Waals surface area contributed by atoms with Crippen LogP contribution in [0.1, 0.15) is 11.1 Å². The van der Waals surface area contributed by atoms with Crippen molar-refractivity contribution < 1.29 is 12.8 Å². The molecule has 2 aromatic carbocycles. The van der Waals surface area contributed by atoms with E-state index in [4.69, 9.17) is 11.6 Å². The van der Waals surface area contributed by atoms with Crippen molar-refractivity contribution in [1.82, 2.24) is 4.98 Å². The van der Waals surface area contributed by atoms with Gasteiger partial charge in [0.25, 0.3) is 0 Å². The summed E-state index contributed by atoms with van der Waals surface area (Å²) in [5.41, 5.74) is 1.68. The molecule has 0 aliphatic carbocycles. The predicted octanol–water partition coefficient (Wildman–Crippen LogP) is 4.13. The van der Waals surface area contributed by atoms with Gasteiger partial charge in [-0.3, -0.25) is 0 Å². The first kappa shape index (κ1) is 17.2. The maximum Gasteiger partial charge on any atom is 0.180 e. The number of pyridine rings is 1. The van der Waals surface area contributed by atoms with Gasteiger partial charge in [-0.15, -0.1) is 0 Å². The lowest BCUT2D eigenvalue weighted by Gasteiger charge is -2.22. The summed E-state index contributed by atoms with van der Waals surface area (Å²) in [6.07, 6.45) is 0. The Morgan fingerprint density at radius 2 is 1.96 bits per heavy atom. The van der Waals surface area contributed by atoms with Crippen LogP contribution in [0.4, 0.5) is 10.2 Å². The molecule has 0 unspecified atom stereocenters. The number of nitrogens with zero attached hydrogens (tertiary/aromatic N) is 2. The molecule has 4 nitrogen and oxygen atoms in total. The van der Waals surface area contributed by atoms with Crippen LogP contribution >= 0.6 is 11.6 Å². The Bertz CT molecular complexity index is 1130. The van der Waals surface area contributed by atoms with Gasteiger partial charge in [0.05, 0.1) is 26.6 Å². The van der Waals surface area contributed by atoms with Crippen molar-refractivity contribution in [3.8, 4) is 0 Å². The van der Waals surface area contributed by atoms with Crippen LogP contribution in [0.25, 0.3) is 10.9 Å². The summed E-state index contributed by atoms with van der Waals surface area (Å²) in [5.74, 6) is 0.150. The number of halogens is 2. The van der Waals surface area contributed by atoms with Gasteiger partial charge in [-0.1, -0.05) is 35.9 Å². The van der Waals surface area contributed by atoms with E-state index in [9.17, 15) is 12.8 Å². The van der Waals surface area contributed by atoms with E-state index in [0.29, 0.717) is 40.3 Å². The molecule has 0 bridgehead atoms. The minimum absolute atomic E-state index is 0.0103. The summed E-state index contributed by atoms with van der Waals surface area (Å²) in [6.45, 7) is 2.37. The third-order valence-corrected chi connectivity index (χ3v) is 6.75. The van der Waals surface area contributed by atoms with Crippen molar-refractivity contribution in [2.75, 3.05) is 17.2 Å². The summed E-state index contributed by atoms with van der Waals surface area (Å²) in [6, 6.07) is 12.0. The van der Waals surface area contributed by atoms with Crippen molar-refractivity contribution in [3.63, 3.8) is 0 Å². The van der Waals surface area contributed by atoms with Crippen molar-refractivity contribution in [2.24, 2.45) is 0 Å². The van der Waals surface area contributed by atoms with Crippen molar-refractivity contribution >= 4 is 38.2 Å². The number of rotatable bonds is 1. The van der Waals surface area contributed by atoms with Gasteiger partial charge < -0.3 is 4.90 Å². The van der Waals surface area contributed by atoms with Crippen LogP contribution in [0.3, 0.4) is 0 Å². The molecule has 1 aliphatic rings. The fourth-order valence-electron chi connectivity index (χ4n) is 3.25. The zero-order chi connectivity index (χ0) is 18.5. The van der Waals surface area contributed by atoms with E-state index < -0.39 is 9.84 Å². The molecule has 3 aromatic rings. The number of anilines is 1. The first-order valence-corrected chi connectivity index (χ1v) is 10.2. The average Bonchev–Trinajstić information content (AvgIpc) is 2.74. The Labute approximate surface area is 156 Å². The minimum atomic E-state index is -3.35. The summed E-state index contributed by atoms with van der Waals surface area (Å²) in [7, 11) is -3.35. The van der Waals surface area contributed by atoms with Crippen molar-refractivity contribution in [2.45, 2.75) is 18.4 Å². The number of fused-ring (bicyclic) bond motifs is 2.